The maximum absolute atomic E-state index is 12.3. The number of para-hydroxylation sites is 1. The van der Waals surface area contributed by atoms with Crippen molar-refractivity contribution in [1.82, 2.24) is 0 Å². The predicted molar refractivity (Wildman–Crippen MR) is 92.1 cm³/mol. The number of fused-ring (bicyclic) bond motifs is 1. The molecule has 0 saturated heterocycles. The Kier molecular flexibility index (Phi) is 4.26. The number of rotatable bonds is 4. The molecular weight excluding hydrogens is 314 g/mol. The molecule has 1 aliphatic rings. The molecule has 0 fully saturated rings. The second kappa shape index (κ2) is 6.34. The molecule has 1 aliphatic heterocycles. The Balaban J connectivity index is 2.11. The van der Waals surface area contributed by atoms with E-state index in [1.54, 1.807) is 31.4 Å². The number of hydrogen-bond acceptors (Lipinski definition) is 3. The Bertz CT molecular complexity index is 799. The van der Waals surface area contributed by atoms with Gasteiger partial charge in [-0.15, -0.1) is 0 Å². The Morgan fingerprint density at radius 3 is 2.83 bits per heavy atom. The first kappa shape index (κ1) is 15.4. The van der Waals surface area contributed by atoms with E-state index in [1.807, 2.05) is 25.1 Å². The molecule has 3 rings (SSSR count). The van der Waals surface area contributed by atoms with Crippen molar-refractivity contribution in [2.75, 3.05) is 19.0 Å². The lowest BCUT2D eigenvalue weighted by Gasteiger charge is -2.12. The number of carbonyl (C=O) groups is 1. The van der Waals surface area contributed by atoms with Crippen LogP contribution in [0.15, 0.2) is 36.4 Å². The Morgan fingerprint density at radius 2 is 2.09 bits per heavy atom. The average molecular weight is 330 g/mol. The lowest BCUT2D eigenvalue weighted by molar-refractivity contribution is -0.110. The molecule has 2 aromatic carbocycles. The maximum atomic E-state index is 12.3. The minimum absolute atomic E-state index is 0.161. The van der Waals surface area contributed by atoms with Crippen molar-refractivity contribution in [1.29, 1.82) is 0 Å². The first-order chi connectivity index (χ1) is 11.1. The molecule has 5 heteroatoms. The van der Waals surface area contributed by atoms with Gasteiger partial charge in [0.1, 0.15) is 0 Å². The molecule has 0 saturated carbocycles. The maximum Gasteiger partial charge on any atom is 0.256 e. The third-order valence-electron chi connectivity index (χ3n) is 3.58. The fraction of sp³-hybridized carbons (Fsp3) is 0.167. The van der Waals surface area contributed by atoms with Crippen molar-refractivity contribution in [3.8, 4) is 11.5 Å². The monoisotopic (exact) mass is 329 g/mol. The van der Waals surface area contributed by atoms with Crippen LogP contribution in [0.2, 0.25) is 5.02 Å². The van der Waals surface area contributed by atoms with Gasteiger partial charge in [0.25, 0.3) is 5.91 Å². The summed E-state index contributed by atoms with van der Waals surface area (Å²) < 4.78 is 11.0. The smallest absolute Gasteiger partial charge is 0.256 e. The summed E-state index contributed by atoms with van der Waals surface area (Å²) in [4.78, 5) is 12.3. The van der Waals surface area contributed by atoms with E-state index in [4.69, 9.17) is 21.1 Å². The molecular formula is C18H16ClNO3. The first-order valence-electron chi connectivity index (χ1n) is 7.26. The van der Waals surface area contributed by atoms with Crippen LogP contribution in [-0.4, -0.2) is 19.6 Å². The number of benzene rings is 2. The summed E-state index contributed by atoms with van der Waals surface area (Å²) in [5, 5.41) is 3.42. The zero-order valence-electron chi connectivity index (χ0n) is 12.9. The summed E-state index contributed by atoms with van der Waals surface area (Å²) in [6.07, 6.45) is 1.79. The van der Waals surface area contributed by atoms with Crippen LogP contribution in [0.1, 0.15) is 18.1 Å². The molecule has 0 bridgehead atoms. The van der Waals surface area contributed by atoms with E-state index in [9.17, 15) is 4.79 Å². The molecule has 2 aromatic rings. The molecule has 4 nitrogen and oxygen atoms in total. The summed E-state index contributed by atoms with van der Waals surface area (Å²) >= 11 is 6.05. The first-order valence-corrected chi connectivity index (χ1v) is 7.64. The molecule has 1 heterocycles. The lowest BCUT2D eigenvalue weighted by atomic mass is 10.0. The second-order valence-electron chi connectivity index (χ2n) is 5.01. The van der Waals surface area contributed by atoms with Crippen molar-refractivity contribution < 1.29 is 14.3 Å². The molecule has 1 N–H and O–H groups in total. The molecule has 0 aliphatic carbocycles. The number of anilines is 1. The van der Waals surface area contributed by atoms with Crippen LogP contribution in [0.25, 0.3) is 11.6 Å². The van der Waals surface area contributed by atoms with Crippen LogP contribution in [0.4, 0.5) is 5.69 Å². The van der Waals surface area contributed by atoms with Gasteiger partial charge in [0, 0.05) is 27.4 Å². The molecule has 0 unspecified atom stereocenters. The number of methoxy groups -OCH3 is 1. The minimum atomic E-state index is -0.161. The number of amides is 1. The van der Waals surface area contributed by atoms with E-state index < -0.39 is 0 Å². The van der Waals surface area contributed by atoms with Crippen molar-refractivity contribution in [3.63, 3.8) is 0 Å². The van der Waals surface area contributed by atoms with Gasteiger partial charge in [-0.05, 0) is 37.3 Å². The highest BCUT2D eigenvalue weighted by Crippen LogP contribution is 2.38. The van der Waals surface area contributed by atoms with Gasteiger partial charge in [-0.1, -0.05) is 23.7 Å². The SMILES string of the molecule is CCOc1cccc(/C=C2\C(=O)Nc3ccc(Cl)cc32)c1OC. The predicted octanol–water partition coefficient (Wildman–Crippen LogP) is 4.24. The normalized spacial score (nSPS) is 14.6. The molecule has 0 spiro atoms. The molecule has 0 radical (unpaired) electrons. The lowest BCUT2D eigenvalue weighted by Crippen LogP contribution is -2.04. The van der Waals surface area contributed by atoms with Crippen LogP contribution in [0.5, 0.6) is 11.5 Å². The number of nitrogens with one attached hydrogen (secondary N) is 1. The molecule has 0 atom stereocenters. The average Bonchev–Trinajstić information content (AvgIpc) is 2.84. The topological polar surface area (TPSA) is 47.6 Å². The summed E-state index contributed by atoms with van der Waals surface area (Å²) in [6, 6.07) is 10.9. The van der Waals surface area contributed by atoms with Crippen LogP contribution in [0.3, 0.4) is 0 Å². The Morgan fingerprint density at radius 1 is 1.26 bits per heavy atom. The van der Waals surface area contributed by atoms with Gasteiger partial charge in [0.2, 0.25) is 0 Å². The van der Waals surface area contributed by atoms with E-state index in [1.165, 1.54) is 0 Å². The molecule has 23 heavy (non-hydrogen) atoms. The summed E-state index contributed by atoms with van der Waals surface area (Å²) in [5.74, 6) is 1.09. The highest BCUT2D eigenvalue weighted by atomic mass is 35.5. The molecule has 1 amide bonds. The third kappa shape index (κ3) is 2.90. The zero-order valence-corrected chi connectivity index (χ0v) is 13.6. The number of halogens is 1. The fourth-order valence-electron chi connectivity index (χ4n) is 2.59. The van der Waals surface area contributed by atoms with Gasteiger partial charge in [-0.2, -0.15) is 0 Å². The second-order valence-corrected chi connectivity index (χ2v) is 5.45. The van der Waals surface area contributed by atoms with E-state index >= 15 is 0 Å². The highest BCUT2D eigenvalue weighted by molar-refractivity contribution is 6.36. The third-order valence-corrected chi connectivity index (χ3v) is 3.81. The van der Waals surface area contributed by atoms with Crippen molar-refractivity contribution in [2.24, 2.45) is 0 Å². The van der Waals surface area contributed by atoms with Crippen LogP contribution in [-0.2, 0) is 4.79 Å². The summed E-state index contributed by atoms with van der Waals surface area (Å²) in [6.45, 7) is 2.45. The minimum Gasteiger partial charge on any atom is -0.492 e. The zero-order chi connectivity index (χ0) is 16.4. The number of hydrogen-bond donors (Lipinski definition) is 1. The summed E-state index contributed by atoms with van der Waals surface area (Å²) in [7, 11) is 1.58. The van der Waals surface area contributed by atoms with Gasteiger partial charge < -0.3 is 14.8 Å². The van der Waals surface area contributed by atoms with Gasteiger partial charge in [0.05, 0.1) is 13.7 Å². The number of ether oxygens (including phenoxy) is 2. The quantitative estimate of drug-likeness (QED) is 0.853. The van der Waals surface area contributed by atoms with Crippen LogP contribution < -0.4 is 14.8 Å². The van der Waals surface area contributed by atoms with Crippen LogP contribution in [0, 0.1) is 0 Å². The van der Waals surface area contributed by atoms with Crippen molar-refractivity contribution in [3.05, 3.63) is 52.5 Å². The fourth-order valence-corrected chi connectivity index (χ4v) is 2.77. The highest BCUT2D eigenvalue weighted by Gasteiger charge is 2.25. The van der Waals surface area contributed by atoms with E-state index in [2.05, 4.69) is 5.32 Å². The van der Waals surface area contributed by atoms with E-state index in [-0.39, 0.29) is 5.91 Å². The Hall–Kier alpha value is -2.46. The van der Waals surface area contributed by atoms with Gasteiger partial charge >= 0.3 is 0 Å². The summed E-state index contributed by atoms with van der Waals surface area (Å²) in [5.41, 5.74) is 2.86. The van der Waals surface area contributed by atoms with Gasteiger partial charge in [-0.25, -0.2) is 0 Å². The standard InChI is InChI=1S/C18H16ClNO3/c1-3-23-16-6-4-5-11(17(16)22-2)9-14-13-10-12(19)7-8-15(13)20-18(14)21/h4-10H,3H2,1-2H3,(H,20,21)/b14-9-. The number of carbonyl (C=O) groups excluding carboxylic acids is 1. The van der Waals surface area contributed by atoms with E-state index in [0.29, 0.717) is 28.7 Å². The van der Waals surface area contributed by atoms with Crippen molar-refractivity contribution in [2.45, 2.75) is 6.92 Å². The largest absolute Gasteiger partial charge is 0.492 e. The van der Waals surface area contributed by atoms with Gasteiger partial charge in [0.15, 0.2) is 11.5 Å². The van der Waals surface area contributed by atoms with Gasteiger partial charge in [-0.3, -0.25) is 4.79 Å². The molecule has 118 valence electrons. The van der Waals surface area contributed by atoms with E-state index in [0.717, 1.165) is 16.8 Å². The van der Waals surface area contributed by atoms with Crippen LogP contribution >= 0.6 is 11.6 Å². The Labute approximate surface area is 139 Å². The molecule has 0 aromatic heterocycles. The van der Waals surface area contributed by atoms with Crippen molar-refractivity contribution >= 4 is 34.8 Å².